The second-order valence-electron chi connectivity index (χ2n) is 3.81. The minimum absolute atomic E-state index is 0.456. The first-order valence-electron chi connectivity index (χ1n) is 5.09. The molecule has 0 aliphatic rings. The minimum Gasteiger partial charge on any atom is -0.507 e. The number of allylic oxidation sites excluding steroid dienone is 1. The number of phenolic OH excluding ortho intramolecular Hbond substituents is 1. The fourth-order valence-corrected chi connectivity index (χ4v) is 1.58. The van der Waals surface area contributed by atoms with Crippen LogP contribution in [0, 0.1) is 0 Å². The second kappa shape index (κ2) is 4.85. The average molecular weight is 190 g/mol. The molecule has 0 fully saturated rings. The Labute approximate surface area is 86.1 Å². The number of benzene rings is 1. The van der Waals surface area contributed by atoms with Crippen LogP contribution in [0.15, 0.2) is 30.4 Å². The molecule has 0 radical (unpaired) electrons. The largest absolute Gasteiger partial charge is 0.507 e. The summed E-state index contributed by atoms with van der Waals surface area (Å²) in [6.45, 7) is 7.95. The molecular weight excluding hydrogens is 172 g/mol. The maximum absolute atomic E-state index is 9.93. The Balaban J connectivity index is 2.94. The van der Waals surface area contributed by atoms with Crippen LogP contribution < -0.4 is 0 Å². The van der Waals surface area contributed by atoms with E-state index in [4.69, 9.17) is 0 Å². The second-order valence-corrected chi connectivity index (χ2v) is 3.81. The molecule has 1 aromatic rings. The minimum atomic E-state index is 0.456. The monoisotopic (exact) mass is 190 g/mol. The van der Waals surface area contributed by atoms with Crippen molar-refractivity contribution in [2.45, 2.75) is 33.1 Å². The zero-order chi connectivity index (χ0) is 10.6. The van der Waals surface area contributed by atoms with Gasteiger partial charge in [0.2, 0.25) is 0 Å². The van der Waals surface area contributed by atoms with E-state index in [1.165, 1.54) is 0 Å². The molecule has 1 heteroatoms. The first-order chi connectivity index (χ1) is 6.65. The van der Waals surface area contributed by atoms with Crippen molar-refractivity contribution in [3.63, 3.8) is 0 Å². The smallest absolute Gasteiger partial charge is 0.122 e. The van der Waals surface area contributed by atoms with Gasteiger partial charge in [-0.1, -0.05) is 43.7 Å². The summed E-state index contributed by atoms with van der Waals surface area (Å²) in [5, 5.41) is 9.93. The van der Waals surface area contributed by atoms with Crippen LogP contribution in [0.3, 0.4) is 0 Å². The van der Waals surface area contributed by atoms with Crippen molar-refractivity contribution in [2.24, 2.45) is 0 Å². The lowest BCUT2D eigenvalue weighted by Gasteiger charge is -2.08. The van der Waals surface area contributed by atoms with Gasteiger partial charge in [-0.15, -0.1) is 0 Å². The molecule has 0 unspecified atom stereocenters. The summed E-state index contributed by atoms with van der Waals surface area (Å²) in [5.41, 5.74) is 3.11. The van der Waals surface area contributed by atoms with Crippen molar-refractivity contribution in [3.8, 4) is 5.75 Å². The third kappa shape index (κ3) is 2.63. The van der Waals surface area contributed by atoms with Gasteiger partial charge < -0.3 is 5.11 Å². The third-order valence-electron chi connectivity index (χ3n) is 2.21. The highest BCUT2D eigenvalue weighted by Crippen LogP contribution is 2.25. The van der Waals surface area contributed by atoms with E-state index in [1.54, 1.807) is 0 Å². The quantitative estimate of drug-likeness (QED) is 0.721. The van der Waals surface area contributed by atoms with Crippen LogP contribution in [0.4, 0.5) is 0 Å². The van der Waals surface area contributed by atoms with Crippen molar-refractivity contribution >= 4 is 0 Å². The number of rotatable bonds is 4. The van der Waals surface area contributed by atoms with Crippen molar-refractivity contribution in [3.05, 3.63) is 41.5 Å². The van der Waals surface area contributed by atoms with Gasteiger partial charge in [0.15, 0.2) is 0 Å². The van der Waals surface area contributed by atoms with Gasteiger partial charge >= 0.3 is 0 Å². The fourth-order valence-electron chi connectivity index (χ4n) is 1.58. The van der Waals surface area contributed by atoms with E-state index in [0.717, 1.165) is 36.0 Å². The van der Waals surface area contributed by atoms with Gasteiger partial charge in [0.05, 0.1) is 0 Å². The summed E-state index contributed by atoms with van der Waals surface area (Å²) in [7, 11) is 0. The van der Waals surface area contributed by atoms with E-state index < -0.39 is 0 Å². The number of para-hydroxylation sites is 1. The lowest BCUT2D eigenvalue weighted by molar-refractivity contribution is 0.461. The zero-order valence-electron chi connectivity index (χ0n) is 9.01. The number of phenols is 1. The molecule has 1 rings (SSSR count). The predicted octanol–water partition coefficient (Wildman–Crippen LogP) is 3.46. The third-order valence-corrected chi connectivity index (χ3v) is 2.21. The molecule has 1 nitrogen and oxygen atoms in total. The molecule has 14 heavy (non-hydrogen) atoms. The molecule has 0 bridgehead atoms. The SMILES string of the molecule is C=C(C)Cc1cccc(CCC)c1O. The molecule has 0 spiro atoms. The van der Waals surface area contributed by atoms with Crippen LogP contribution >= 0.6 is 0 Å². The highest BCUT2D eigenvalue weighted by molar-refractivity contribution is 5.42. The molecule has 0 heterocycles. The van der Waals surface area contributed by atoms with E-state index in [-0.39, 0.29) is 0 Å². The molecule has 0 saturated carbocycles. The molecule has 0 amide bonds. The average Bonchev–Trinajstić information content (AvgIpc) is 2.11. The van der Waals surface area contributed by atoms with Crippen molar-refractivity contribution in [1.29, 1.82) is 0 Å². The summed E-state index contributed by atoms with van der Waals surface area (Å²) >= 11 is 0. The summed E-state index contributed by atoms with van der Waals surface area (Å²) in [6, 6.07) is 5.95. The van der Waals surface area contributed by atoms with Crippen molar-refractivity contribution < 1.29 is 5.11 Å². The molecule has 0 aliphatic heterocycles. The summed E-state index contributed by atoms with van der Waals surface area (Å²) < 4.78 is 0. The fraction of sp³-hybridized carbons (Fsp3) is 0.385. The summed E-state index contributed by atoms with van der Waals surface area (Å²) in [5.74, 6) is 0.456. The number of hydrogen-bond acceptors (Lipinski definition) is 1. The molecule has 1 N–H and O–H groups in total. The lowest BCUT2D eigenvalue weighted by atomic mass is 10.0. The first kappa shape index (κ1) is 10.8. The van der Waals surface area contributed by atoms with E-state index in [0.29, 0.717) is 5.75 Å². The zero-order valence-corrected chi connectivity index (χ0v) is 9.01. The van der Waals surface area contributed by atoms with Crippen LogP contribution in [0.1, 0.15) is 31.4 Å². The Morgan fingerprint density at radius 1 is 1.36 bits per heavy atom. The molecule has 76 valence electrons. The normalized spacial score (nSPS) is 10.1. The van der Waals surface area contributed by atoms with Crippen LogP contribution in [-0.4, -0.2) is 5.11 Å². The highest BCUT2D eigenvalue weighted by Gasteiger charge is 2.05. The molecular formula is C13H18O. The van der Waals surface area contributed by atoms with Gasteiger partial charge in [-0.3, -0.25) is 0 Å². The van der Waals surface area contributed by atoms with Gasteiger partial charge in [0, 0.05) is 0 Å². The van der Waals surface area contributed by atoms with Crippen molar-refractivity contribution in [1.82, 2.24) is 0 Å². The van der Waals surface area contributed by atoms with E-state index in [9.17, 15) is 5.11 Å². The van der Waals surface area contributed by atoms with Crippen LogP contribution in [-0.2, 0) is 12.8 Å². The highest BCUT2D eigenvalue weighted by atomic mass is 16.3. The van der Waals surface area contributed by atoms with Crippen LogP contribution in [0.2, 0.25) is 0 Å². The Bertz CT molecular complexity index is 326. The molecule has 0 aliphatic carbocycles. The number of aryl methyl sites for hydroxylation is 1. The first-order valence-corrected chi connectivity index (χ1v) is 5.09. The molecule has 0 aromatic heterocycles. The lowest BCUT2D eigenvalue weighted by Crippen LogP contribution is -1.91. The molecule has 1 aromatic carbocycles. The Morgan fingerprint density at radius 2 is 2.00 bits per heavy atom. The topological polar surface area (TPSA) is 20.2 Å². The number of aromatic hydroxyl groups is 1. The maximum atomic E-state index is 9.93. The van der Waals surface area contributed by atoms with E-state index in [2.05, 4.69) is 13.5 Å². The number of hydrogen-bond donors (Lipinski definition) is 1. The predicted molar refractivity (Wildman–Crippen MR) is 60.6 cm³/mol. The Hall–Kier alpha value is -1.24. The standard InChI is InChI=1S/C13H18O/c1-4-6-11-7-5-8-12(13(11)14)9-10(2)3/h5,7-8,14H,2,4,6,9H2,1,3H3. The molecule has 0 saturated heterocycles. The Kier molecular flexibility index (Phi) is 3.75. The Morgan fingerprint density at radius 3 is 2.57 bits per heavy atom. The van der Waals surface area contributed by atoms with Gasteiger partial charge in [-0.05, 0) is 30.9 Å². The van der Waals surface area contributed by atoms with Gasteiger partial charge in [0.1, 0.15) is 5.75 Å². The summed E-state index contributed by atoms with van der Waals surface area (Å²) in [6.07, 6.45) is 2.77. The van der Waals surface area contributed by atoms with Crippen LogP contribution in [0.25, 0.3) is 0 Å². The van der Waals surface area contributed by atoms with Gasteiger partial charge in [-0.2, -0.15) is 0 Å². The van der Waals surface area contributed by atoms with E-state index >= 15 is 0 Å². The van der Waals surface area contributed by atoms with E-state index in [1.807, 2.05) is 25.1 Å². The van der Waals surface area contributed by atoms with Gasteiger partial charge in [-0.25, -0.2) is 0 Å². The van der Waals surface area contributed by atoms with Crippen LogP contribution in [0.5, 0.6) is 5.75 Å². The van der Waals surface area contributed by atoms with Gasteiger partial charge in [0.25, 0.3) is 0 Å². The maximum Gasteiger partial charge on any atom is 0.122 e. The molecule has 0 atom stereocenters. The van der Waals surface area contributed by atoms with Crippen molar-refractivity contribution in [2.75, 3.05) is 0 Å². The summed E-state index contributed by atoms with van der Waals surface area (Å²) in [4.78, 5) is 0.